The standard InChI is InChI=1S/C12H23O5Si/c1-4-5-10(18(13,14)15)12(9(3)7-17-12)11-8(2)6-16-11/h8-10,13-15H,4-7H2,1-3H3. The molecule has 6 heteroatoms. The molecular weight excluding hydrogens is 252 g/mol. The van der Waals surface area contributed by atoms with Crippen molar-refractivity contribution in [3.05, 3.63) is 6.10 Å². The van der Waals surface area contributed by atoms with Crippen LogP contribution in [0.15, 0.2) is 0 Å². The summed E-state index contributed by atoms with van der Waals surface area (Å²) in [7, 11) is -4.26. The number of rotatable bonds is 5. The van der Waals surface area contributed by atoms with Crippen molar-refractivity contribution >= 4 is 8.80 Å². The highest BCUT2D eigenvalue weighted by Crippen LogP contribution is 2.57. The van der Waals surface area contributed by atoms with Gasteiger partial charge in [0, 0.05) is 11.8 Å². The van der Waals surface area contributed by atoms with Crippen molar-refractivity contribution in [3.63, 3.8) is 0 Å². The third-order valence-corrected chi connectivity index (χ3v) is 5.84. The van der Waals surface area contributed by atoms with Crippen LogP contribution in [0, 0.1) is 17.9 Å². The highest BCUT2D eigenvalue weighted by atomic mass is 28.4. The Morgan fingerprint density at radius 3 is 2.22 bits per heavy atom. The Morgan fingerprint density at radius 2 is 2.00 bits per heavy atom. The van der Waals surface area contributed by atoms with Gasteiger partial charge in [-0.15, -0.1) is 0 Å². The molecule has 0 spiro atoms. The van der Waals surface area contributed by atoms with Crippen LogP contribution in [0.25, 0.3) is 0 Å². The van der Waals surface area contributed by atoms with E-state index in [1.165, 1.54) is 0 Å². The molecule has 0 aromatic heterocycles. The zero-order valence-corrected chi connectivity index (χ0v) is 12.2. The predicted octanol–water partition coefficient (Wildman–Crippen LogP) is 0.676. The van der Waals surface area contributed by atoms with Crippen LogP contribution in [0.5, 0.6) is 0 Å². The zero-order chi connectivity index (χ0) is 13.6. The molecule has 1 radical (unpaired) electrons. The largest absolute Gasteiger partial charge is 0.499 e. The third kappa shape index (κ3) is 2.05. The van der Waals surface area contributed by atoms with Crippen molar-refractivity contribution in [2.75, 3.05) is 13.2 Å². The lowest BCUT2D eigenvalue weighted by Gasteiger charge is -2.60. The Balaban J connectivity index is 2.27. The molecule has 2 rings (SSSR count). The lowest BCUT2D eigenvalue weighted by Crippen LogP contribution is -2.69. The molecular formula is C12H23O5Si. The third-order valence-electron chi connectivity index (χ3n) is 4.19. The molecule has 4 unspecified atom stereocenters. The van der Waals surface area contributed by atoms with Crippen molar-refractivity contribution < 1.29 is 23.9 Å². The fourth-order valence-corrected chi connectivity index (χ4v) is 4.94. The zero-order valence-electron chi connectivity index (χ0n) is 11.2. The monoisotopic (exact) mass is 275 g/mol. The number of hydrogen-bond donors (Lipinski definition) is 3. The average molecular weight is 275 g/mol. The Labute approximate surface area is 109 Å². The first-order valence-electron chi connectivity index (χ1n) is 6.65. The second-order valence-electron chi connectivity index (χ2n) is 5.61. The van der Waals surface area contributed by atoms with E-state index in [0.717, 1.165) is 12.5 Å². The van der Waals surface area contributed by atoms with E-state index in [1.807, 2.05) is 20.8 Å². The van der Waals surface area contributed by atoms with Gasteiger partial charge in [0.25, 0.3) is 0 Å². The van der Waals surface area contributed by atoms with E-state index in [0.29, 0.717) is 19.6 Å². The Bertz CT molecular complexity index is 305. The van der Waals surface area contributed by atoms with Crippen LogP contribution in [-0.4, -0.2) is 42.0 Å². The van der Waals surface area contributed by atoms with E-state index in [2.05, 4.69) is 0 Å². The molecule has 0 aliphatic carbocycles. The Kier molecular flexibility index (Phi) is 3.88. The van der Waals surface area contributed by atoms with Crippen molar-refractivity contribution in [2.45, 2.75) is 44.8 Å². The first kappa shape index (κ1) is 14.4. The van der Waals surface area contributed by atoms with Crippen molar-refractivity contribution in [1.29, 1.82) is 0 Å². The summed E-state index contributed by atoms with van der Waals surface area (Å²) in [5, 5.41) is 0. The Morgan fingerprint density at radius 1 is 1.33 bits per heavy atom. The number of hydrogen-bond acceptors (Lipinski definition) is 5. The fourth-order valence-electron chi connectivity index (χ4n) is 3.17. The van der Waals surface area contributed by atoms with E-state index in [9.17, 15) is 14.4 Å². The van der Waals surface area contributed by atoms with Crippen LogP contribution >= 0.6 is 0 Å². The van der Waals surface area contributed by atoms with Gasteiger partial charge in [-0.3, -0.25) is 0 Å². The first-order valence-corrected chi connectivity index (χ1v) is 8.57. The summed E-state index contributed by atoms with van der Waals surface area (Å²) in [4.78, 5) is 29.3. The molecule has 2 fully saturated rings. The summed E-state index contributed by atoms with van der Waals surface area (Å²) in [6.07, 6.45) is 2.08. The SMILES string of the molecule is CCCC(C1([C]2OCC2C)OCC1C)[Si](O)(O)O. The molecule has 2 aliphatic rings. The summed E-state index contributed by atoms with van der Waals surface area (Å²) in [5.74, 6) is 0.397. The second kappa shape index (κ2) is 4.85. The van der Waals surface area contributed by atoms with Gasteiger partial charge in [-0.1, -0.05) is 27.2 Å². The van der Waals surface area contributed by atoms with Gasteiger partial charge in [-0.2, -0.15) is 0 Å². The van der Waals surface area contributed by atoms with Gasteiger partial charge >= 0.3 is 8.80 Å². The predicted molar refractivity (Wildman–Crippen MR) is 67.3 cm³/mol. The van der Waals surface area contributed by atoms with Gasteiger partial charge in [0.15, 0.2) is 0 Å². The lowest BCUT2D eigenvalue weighted by atomic mass is 9.70. The molecule has 2 saturated heterocycles. The van der Waals surface area contributed by atoms with E-state index < -0.39 is 19.9 Å². The van der Waals surface area contributed by atoms with Crippen LogP contribution in [0.1, 0.15) is 33.6 Å². The molecule has 105 valence electrons. The Hall–Kier alpha value is 0.0169. The molecule has 0 aromatic carbocycles. The average Bonchev–Trinajstić information content (AvgIpc) is 2.27. The minimum atomic E-state index is -4.26. The highest BCUT2D eigenvalue weighted by Gasteiger charge is 2.67. The molecule has 4 atom stereocenters. The molecule has 0 aromatic rings. The van der Waals surface area contributed by atoms with Gasteiger partial charge in [-0.25, -0.2) is 0 Å². The van der Waals surface area contributed by atoms with Gasteiger partial charge < -0.3 is 23.9 Å². The van der Waals surface area contributed by atoms with Crippen molar-refractivity contribution in [3.8, 4) is 0 Å². The summed E-state index contributed by atoms with van der Waals surface area (Å²) in [6.45, 7) is 7.22. The fraction of sp³-hybridized carbons (Fsp3) is 0.917. The van der Waals surface area contributed by atoms with E-state index in [4.69, 9.17) is 9.47 Å². The molecule has 0 amide bonds. The normalized spacial score (nSPS) is 39.0. The summed E-state index contributed by atoms with van der Waals surface area (Å²) < 4.78 is 11.3. The van der Waals surface area contributed by atoms with E-state index in [1.54, 1.807) is 0 Å². The summed E-state index contributed by atoms with van der Waals surface area (Å²) in [5.41, 5.74) is -1.44. The molecule has 0 bridgehead atoms. The van der Waals surface area contributed by atoms with Crippen LogP contribution in [0.2, 0.25) is 5.54 Å². The van der Waals surface area contributed by atoms with Crippen LogP contribution < -0.4 is 0 Å². The first-order chi connectivity index (χ1) is 8.34. The van der Waals surface area contributed by atoms with Gasteiger partial charge in [0.2, 0.25) is 0 Å². The molecule has 3 N–H and O–H groups in total. The number of ether oxygens (including phenoxy) is 2. The van der Waals surface area contributed by atoms with Crippen LogP contribution in [0.4, 0.5) is 0 Å². The quantitative estimate of drug-likeness (QED) is 0.643. The summed E-state index contributed by atoms with van der Waals surface area (Å²) >= 11 is 0. The van der Waals surface area contributed by atoms with Gasteiger partial charge in [0.1, 0.15) is 11.7 Å². The molecule has 2 aliphatic heterocycles. The van der Waals surface area contributed by atoms with E-state index >= 15 is 0 Å². The van der Waals surface area contributed by atoms with Gasteiger partial charge in [-0.05, 0) is 6.42 Å². The van der Waals surface area contributed by atoms with E-state index in [-0.39, 0.29) is 11.8 Å². The smallest absolute Gasteiger partial charge is 0.390 e. The maximum absolute atomic E-state index is 9.78. The minimum Gasteiger partial charge on any atom is -0.390 e. The molecule has 5 nitrogen and oxygen atoms in total. The van der Waals surface area contributed by atoms with Crippen molar-refractivity contribution in [1.82, 2.24) is 0 Å². The molecule has 0 saturated carbocycles. The lowest BCUT2D eigenvalue weighted by molar-refractivity contribution is -0.261. The maximum atomic E-state index is 9.78. The highest BCUT2D eigenvalue weighted by molar-refractivity contribution is 6.58. The topological polar surface area (TPSA) is 79.2 Å². The minimum absolute atomic E-state index is 0.144. The molecule has 18 heavy (non-hydrogen) atoms. The van der Waals surface area contributed by atoms with Crippen molar-refractivity contribution in [2.24, 2.45) is 11.8 Å². The van der Waals surface area contributed by atoms with Gasteiger partial charge in [0.05, 0.1) is 18.8 Å². The van der Waals surface area contributed by atoms with Crippen LogP contribution in [-0.2, 0) is 9.47 Å². The summed E-state index contributed by atoms with van der Waals surface area (Å²) in [6, 6.07) is 0. The maximum Gasteiger partial charge on any atom is 0.499 e. The van der Waals surface area contributed by atoms with Crippen LogP contribution in [0.3, 0.4) is 0 Å². The molecule has 2 heterocycles. The second-order valence-corrected chi connectivity index (χ2v) is 7.68.